The first-order chi connectivity index (χ1) is 7.15. The predicted molar refractivity (Wildman–Crippen MR) is 57.7 cm³/mol. The predicted octanol–water partition coefficient (Wildman–Crippen LogP) is 1.60. The van der Waals surface area contributed by atoms with Crippen LogP contribution in [-0.2, 0) is 0 Å². The molecule has 0 aromatic carbocycles. The largest absolute Gasteiger partial charge is 0.476 e. The van der Waals surface area contributed by atoms with Crippen molar-refractivity contribution in [3.63, 3.8) is 0 Å². The van der Waals surface area contributed by atoms with Crippen molar-refractivity contribution in [1.82, 2.24) is 4.98 Å². The molecule has 1 aromatic rings. The SMILES string of the molecule is C#CCC(C)Nc1cccnc1C(=O)O. The molecule has 0 amide bonds. The second kappa shape index (κ2) is 5.01. The molecule has 1 aromatic heterocycles. The van der Waals surface area contributed by atoms with Crippen LogP contribution in [0.3, 0.4) is 0 Å². The van der Waals surface area contributed by atoms with Crippen molar-refractivity contribution < 1.29 is 9.90 Å². The monoisotopic (exact) mass is 204 g/mol. The molecular weight excluding hydrogens is 192 g/mol. The summed E-state index contributed by atoms with van der Waals surface area (Å²) in [5, 5.41) is 11.9. The number of nitrogens with zero attached hydrogens (tertiary/aromatic N) is 1. The standard InChI is InChI=1S/C11H12N2O2/c1-3-5-8(2)13-9-6-4-7-12-10(9)11(14)15/h1,4,6-8,13H,5H2,2H3,(H,14,15). The lowest BCUT2D eigenvalue weighted by molar-refractivity contribution is 0.0691. The quantitative estimate of drug-likeness (QED) is 0.731. The van der Waals surface area contributed by atoms with Gasteiger partial charge in [-0.05, 0) is 19.1 Å². The molecule has 2 N–H and O–H groups in total. The van der Waals surface area contributed by atoms with Crippen LogP contribution in [0.4, 0.5) is 5.69 Å². The Kier molecular flexibility index (Phi) is 3.69. The summed E-state index contributed by atoms with van der Waals surface area (Å²) in [5.41, 5.74) is 0.508. The number of rotatable bonds is 4. The van der Waals surface area contributed by atoms with Gasteiger partial charge in [-0.2, -0.15) is 0 Å². The highest BCUT2D eigenvalue weighted by Gasteiger charge is 2.11. The van der Waals surface area contributed by atoms with Gasteiger partial charge in [0.25, 0.3) is 0 Å². The van der Waals surface area contributed by atoms with Crippen molar-refractivity contribution in [2.45, 2.75) is 19.4 Å². The number of carbonyl (C=O) groups is 1. The van der Waals surface area contributed by atoms with Crippen molar-refractivity contribution in [3.8, 4) is 12.3 Å². The Morgan fingerprint density at radius 1 is 1.80 bits per heavy atom. The normalized spacial score (nSPS) is 11.5. The third kappa shape index (κ3) is 2.99. The molecule has 78 valence electrons. The van der Waals surface area contributed by atoms with Crippen molar-refractivity contribution in [2.75, 3.05) is 5.32 Å². The van der Waals surface area contributed by atoms with Gasteiger partial charge in [-0.25, -0.2) is 9.78 Å². The van der Waals surface area contributed by atoms with Gasteiger partial charge in [-0.1, -0.05) is 0 Å². The van der Waals surface area contributed by atoms with E-state index in [9.17, 15) is 4.79 Å². The first kappa shape index (κ1) is 11.1. The first-order valence-corrected chi connectivity index (χ1v) is 4.53. The summed E-state index contributed by atoms with van der Waals surface area (Å²) < 4.78 is 0. The zero-order chi connectivity index (χ0) is 11.3. The van der Waals surface area contributed by atoms with Crippen LogP contribution in [0.2, 0.25) is 0 Å². The van der Waals surface area contributed by atoms with Gasteiger partial charge in [0.05, 0.1) is 5.69 Å². The summed E-state index contributed by atoms with van der Waals surface area (Å²) in [5.74, 6) is 1.46. The topological polar surface area (TPSA) is 62.2 Å². The van der Waals surface area contributed by atoms with Crippen LogP contribution in [0.25, 0.3) is 0 Å². The molecule has 15 heavy (non-hydrogen) atoms. The van der Waals surface area contributed by atoms with Crippen molar-refractivity contribution in [1.29, 1.82) is 0 Å². The molecule has 1 rings (SSSR count). The molecule has 1 heterocycles. The van der Waals surface area contributed by atoms with Crippen molar-refractivity contribution in [2.24, 2.45) is 0 Å². The minimum atomic E-state index is -1.05. The van der Waals surface area contributed by atoms with E-state index in [1.165, 1.54) is 6.20 Å². The summed E-state index contributed by atoms with van der Waals surface area (Å²) >= 11 is 0. The van der Waals surface area contributed by atoms with E-state index >= 15 is 0 Å². The Hall–Kier alpha value is -2.02. The van der Waals surface area contributed by atoms with E-state index in [1.54, 1.807) is 12.1 Å². The van der Waals surface area contributed by atoms with Gasteiger partial charge in [0.15, 0.2) is 5.69 Å². The van der Waals surface area contributed by atoms with Gasteiger partial charge in [0.2, 0.25) is 0 Å². The van der Waals surface area contributed by atoms with Crippen LogP contribution in [0.1, 0.15) is 23.8 Å². The molecule has 4 heteroatoms. The second-order valence-corrected chi connectivity index (χ2v) is 3.16. The lowest BCUT2D eigenvalue weighted by Gasteiger charge is -2.13. The van der Waals surface area contributed by atoms with Crippen molar-refractivity contribution in [3.05, 3.63) is 24.0 Å². The van der Waals surface area contributed by atoms with Crippen LogP contribution in [-0.4, -0.2) is 22.1 Å². The fraction of sp³-hybridized carbons (Fsp3) is 0.273. The van der Waals surface area contributed by atoms with E-state index < -0.39 is 5.97 Å². The van der Waals surface area contributed by atoms with Gasteiger partial charge in [0.1, 0.15) is 0 Å². The first-order valence-electron chi connectivity index (χ1n) is 4.53. The number of carboxylic acid groups (broad SMARTS) is 1. The van der Waals surface area contributed by atoms with Crippen LogP contribution in [0, 0.1) is 12.3 Å². The minimum Gasteiger partial charge on any atom is -0.476 e. The molecule has 0 saturated carbocycles. The Bertz CT molecular complexity index is 396. The molecule has 1 atom stereocenters. The van der Waals surface area contributed by atoms with Gasteiger partial charge < -0.3 is 10.4 Å². The number of pyridine rings is 1. The maximum Gasteiger partial charge on any atom is 0.356 e. The van der Waals surface area contributed by atoms with E-state index in [-0.39, 0.29) is 11.7 Å². The zero-order valence-corrected chi connectivity index (χ0v) is 8.40. The Morgan fingerprint density at radius 2 is 2.53 bits per heavy atom. The molecule has 0 fully saturated rings. The third-order valence-electron chi connectivity index (χ3n) is 1.84. The number of carboxylic acids is 1. The number of terminal acetylenes is 1. The van der Waals surface area contributed by atoms with Crippen LogP contribution >= 0.6 is 0 Å². The van der Waals surface area contributed by atoms with Gasteiger partial charge in [-0.3, -0.25) is 0 Å². The zero-order valence-electron chi connectivity index (χ0n) is 8.40. The van der Waals surface area contributed by atoms with Crippen LogP contribution in [0.15, 0.2) is 18.3 Å². The number of hydrogen-bond acceptors (Lipinski definition) is 3. The van der Waals surface area contributed by atoms with Crippen LogP contribution in [0.5, 0.6) is 0 Å². The van der Waals surface area contributed by atoms with Gasteiger partial charge in [-0.15, -0.1) is 12.3 Å². The van der Waals surface area contributed by atoms with E-state index in [1.807, 2.05) is 6.92 Å². The number of hydrogen-bond donors (Lipinski definition) is 2. The molecule has 0 spiro atoms. The molecule has 0 aliphatic rings. The van der Waals surface area contributed by atoms with E-state index in [0.717, 1.165) is 0 Å². The van der Waals surface area contributed by atoms with Crippen molar-refractivity contribution >= 4 is 11.7 Å². The molecule has 0 bridgehead atoms. The van der Waals surface area contributed by atoms with E-state index in [0.29, 0.717) is 12.1 Å². The number of aromatic nitrogens is 1. The lowest BCUT2D eigenvalue weighted by atomic mass is 10.2. The maximum atomic E-state index is 10.8. The summed E-state index contributed by atoms with van der Waals surface area (Å²) in [6, 6.07) is 3.37. The molecule has 1 unspecified atom stereocenters. The number of anilines is 1. The number of aromatic carboxylic acids is 1. The highest BCUT2D eigenvalue weighted by molar-refractivity contribution is 5.91. The Balaban J connectivity index is 2.85. The molecule has 0 aliphatic carbocycles. The van der Waals surface area contributed by atoms with Gasteiger partial charge >= 0.3 is 5.97 Å². The van der Waals surface area contributed by atoms with E-state index in [4.69, 9.17) is 11.5 Å². The van der Waals surface area contributed by atoms with E-state index in [2.05, 4.69) is 16.2 Å². The molecular formula is C11H12N2O2. The number of nitrogens with one attached hydrogen (secondary N) is 1. The third-order valence-corrected chi connectivity index (χ3v) is 1.84. The Morgan fingerprint density at radius 3 is 3.13 bits per heavy atom. The molecule has 0 radical (unpaired) electrons. The summed E-state index contributed by atoms with van der Waals surface area (Å²) in [6.45, 7) is 1.89. The van der Waals surface area contributed by atoms with Crippen LogP contribution < -0.4 is 5.32 Å². The highest BCUT2D eigenvalue weighted by Crippen LogP contribution is 2.13. The maximum absolute atomic E-state index is 10.8. The minimum absolute atomic E-state index is 0.0152. The lowest BCUT2D eigenvalue weighted by Crippen LogP contribution is -2.17. The average Bonchev–Trinajstić information content (AvgIpc) is 2.18. The summed E-state index contributed by atoms with van der Waals surface area (Å²) in [6.07, 6.45) is 7.14. The average molecular weight is 204 g/mol. The molecule has 0 saturated heterocycles. The highest BCUT2D eigenvalue weighted by atomic mass is 16.4. The van der Waals surface area contributed by atoms with Gasteiger partial charge in [0, 0.05) is 18.7 Å². The Labute approximate surface area is 88.3 Å². The smallest absolute Gasteiger partial charge is 0.356 e. The summed E-state index contributed by atoms with van der Waals surface area (Å²) in [7, 11) is 0. The second-order valence-electron chi connectivity index (χ2n) is 3.16. The molecule has 0 aliphatic heterocycles. The summed E-state index contributed by atoms with van der Waals surface area (Å²) in [4.78, 5) is 14.6. The fourth-order valence-corrected chi connectivity index (χ4v) is 1.19. The molecule has 4 nitrogen and oxygen atoms in total. The fourth-order valence-electron chi connectivity index (χ4n) is 1.19.